The normalized spacial score (nSPS) is 12.8. The van der Waals surface area contributed by atoms with Crippen molar-refractivity contribution in [2.75, 3.05) is 11.2 Å². The van der Waals surface area contributed by atoms with Gasteiger partial charge in [0.1, 0.15) is 0 Å². The maximum absolute atomic E-state index is 11.4. The number of aromatic nitrogens is 2. The van der Waals surface area contributed by atoms with Crippen LogP contribution in [0.25, 0.3) is 0 Å². The van der Waals surface area contributed by atoms with E-state index in [2.05, 4.69) is 29.1 Å². The minimum absolute atomic E-state index is 0.179. The fourth-order valence-electron chi connectivity index (χ4n) is 1.32. The fraction of sp³-hybridized carbons (Fsp3) is 0.600. The predicted molar refractivity (Wildman–Crippen MR) is 62.4 cm³/mol. The first-order chi connectivity index (χ1) is 7.15. The maximum atomic E-state index is 11.4. The van der Waals surface area contributed by atoms with Crippen LogP contribution < -0.4 is 10.9 Å². The molecule has 15 heavy (non-hydrogen) atoms. The predicted octanol–water partition coefficient (Wildman–Crippen LogP) is 1.84. The van der Waals surface area contributed by atoms with Gasteiger partial charge in [0.2, 0.25) is 0 Å². The van der Waals surface area contributed by atoms with Gasteiger partial charge >= 0.3 is 0 Å². The maximum Gasteiger partial charge on any atom is 0.290 e. The number of aromatic amines is 1. The highest BCUT2D eigenvalue weighted by Crippen LogP contribution is 2.11. The van der Waals surface area contributed by atoms with Gasteiger partial charge in [-0.2, -0.15) is 0 Å². The minimum Gasteiger partial charge on any atom is -0.362 e. The zero-order valence-corrected chi connectivity index (χ0v) is 9.71. The lowest BCUT2D eigenvalue weighted by Gasteiger charge is -2.21. The fourth-order valence-corrected chi connectivity index (χ4v) is 1.55. The van der Waals surface area contributed by atoms with E-state index < -0.39 is 0 Å². The number of hydrogen-bond donors (Lipinski definition) is 2. The number of anilines is 1. The molecule has 1 rings (SSSR count). The summed E-state index contributed by atoms with van der Waals surface area (Å²) in [5.41, 5.74) is -0.197. The Kier molecular flexibility index (Phi) is 4.62. The summed E-state index contributed by atoms with van der Waals surface area (Å²) in [5, 5.41) is 3.11. The van der Waals surface area contributed by atoms with Crippen LogP contribution >= 0.6 is 11.6 Å². The first-order valence-corrected chi connectivity index (χ1v) is 5.54. The quantitative estimate of drug-likeness (QED) is 0.758. The molecular formula is C10H16ClN3O. The second kappa shape index (κ2) is 5.75. The highest BCUT2D eigenvalue weighted by atomic mass is 35.5. The van der Waals surface area contributed by atoms with E-state index in [-0.39, 0.29) is 11.6 Å². The Morgan fingerprint density at radius 3 is 2.87 bits per heavy atom. The van der Waals surface area contributed by atoms with E-state index in [4.69, 9.17) is 11.6 Å². The molecule has 0 saturated carbocycles. The summed E-state index contributed by atoms with van der Waals surface area (Å²) in [6.45, 7) is 4.17. The Morgan fingerprint density at radius 1 is 1.60 bits per heavy atom. The van der Waals surface area contributed by atoms with Gasteiger partial charge in [0.25, 0.3) is 5.56 Å². The lowest BCUT2D eigenvalue weighted by molar-refractivity contribution is 0.511. The molecule has 84 valence electrons. The Bertz CT molecular complexity index is 351. The SMILES string of the molecule is CC(C)C(CCCl)Nc1ncc[nH]c1=O. The van der Waals surface area contributed by atoms with Gasteiger partial charge in [0.15, 0.2) is 5.82 Å². The molecule has 0 aliphatic heterocycles. The van der Waals surface area contributed by atoms with Gasteiger partial charge in [0.05, 0.1) is 0 Å². The zero-order chi connectivity index (χ0) is 11.3. The van der Waals surface area contributed by atoms with E-state index in [1.54, 1.807) is 6.20 Å². The second-order valence-corrected chi connectivity index (χ2v) is 4.12. The van der Waals surface area contributed by atoms with Crippen molar-refractivity contribution in [1.82, 2.24) is 9.97 Å². The summed E-state index contributed by atoms with van der Waals surface area (Å²) in [6.07, 6.45) is 3.89. The molecule has 0 aromatic carbocycles. The first-order valence-electron chi connectivity index (χ1n) is 5.01. The number of hydrogen-bond acceptors (Lipinski definition) is 3. The number of nitrogens with zero attached hydrogens (tertiary/aromatic N) is 1. The summed E-state index contributed by atoms with van der Waals surface area (Å²) >= 11 is 5.70. The van der Waals surface area contributed by atoms with Gasteiger partial charge in [-0.25, -0.2) is 4.98 Å². The third-order valence-electron chi connectivity index (χ3n) is 2.25. The van der Waals surface area contributed by atoms with E-state index in [1.165, 1.54) is 6.20 Å². The van der Waals surface area contributed by atoms with Crippen LogP contribution in [-0.4, -0.2) is 21.9 Å². The van der Waals surface area contributed by atoms with Gasteiger partial charge < -0.3 is 10.3 Å². The highest BCUT2D eigenvalue weighted by Gasteiger charge is 2.14. The molecule has 5 heteroatoms. The molecule has 1 atom stereocenters. The summed E-state index contributed by atoms with van der Waals surface area (Å²) in [4.78, 5) is 17.9. The van der Waals surface area contributed by atoms with Crippen LogP contribution in [-0.2, 0) is 0 Å². The van der Waals surface area contributed by atoms with Crippen molar-refractivity contribution >= 4 is 17.4 Å². The highest BCUT2D eigenvalue weighted by molar-refractivity contribution is 6.17. The van der Waals surface area contributed by atoms with Crippen molar-refractivity contribution in [3.05, 3.63) is 22.7 Å². The zero-order valence-electron chi connectivity index (χ0n) is 8.96. The largest absolute Gasteiger partial charge is 0.362 e. The molecule has 0 bridgehead atoms. The van der Waals surface area contributed by atoms with Crippen LogP contribution in [0.1, 0.15) is 20.3 Å². The monoisotopic (exact) mass is 229 g/mol. The van der Waals surface area contributed by atoms with E-state index in [9.17, 15) is 4.79 Å². The molecule has 2 N–H and O–H groups in total. The molecule has 1 aromatic rings. The number of alkyl halides is 1. The lowest BCUT2D eigenvalue weighted by Crippen LogP contribution is -2.30. The molecule has 1 aromatic heterocycles. The summed E-state index contributed by atoms with van der Waals surface area (Å²) in [7, 11) is 0. The third kappa shape index (κ3) is 3.55. The van der Waals surface area contributed by atoms with Crippen LogP contribution in [0.15, 0.2) is 17.2 Å². The number of H-pyrrole nitrogens is 1. The first kappa shape index (κ1) is 12.0. The molecule has 0 radical (unpaired) electrons. The van der Waals surface area contributed by atoms with Crippen molar-refractivity contribution in [3.8, 4) is 0 Å². The van der Waals surface area contributed by atoms with Gasteiger partial charge in [0, 0.05) is 24.3 Å². The molecule has 0 fully saturated rings. The van der Waals surface area contributed by atoms with Crippen LogP contribution in [0.3, 0.4) is 0 Å². The molecule has 0 spiro atoms. The van der Waals surface area contributed by atoms with Crippen molar-refractivity contribution in [3.63, 3.8) is 0 Å². The Morgan fingerprint density at radius 2 is 2.33 bits per heavy atom. The van der Waals surface area contributed by atoms with Crippen molar-refractivity contribution < 1.29 is 0 Å². The number of rotatable bonds is 5. The Balaban J connectivity index is 2.74. The Hall–Kier alpha value is -1.03. The van der Waals surface area contributed by atoms with Crippen LogP contribution in [0.5, 0.6) is 0 Å². The average Bonchev–Trinajstić information content (AvgIpc) is 2.20. The van der Waals surface area contributed by atoms with Crippen LogP contribution in [0.4, 0.5) is 5.82 Å². The van der Waals surface area contributed by atoms with Gasteiger partial charge in [-0.1, -0.05) is 13.8 Å². The topological polar surface area (TPSA) is 57.8 Å². The molecule has 0 saturated heterocycles. The lowest BCUT2D eigenvalue weighted by atomic mass is 10.0. The number of halogens is 1. The van der Waals surface area contributed by atoms with Crippen LogP contribution in [0, 0.1) is 5.92 Å². The van der Waals surface area contributed by atoms with Crippen molar-refractivity contribution in [1.29, 1.82) is 0 Å². The van der Waals surface area contributed by atoms with E-state index in [0.29, 0.717) is 17.6 Å². The van der Waals surface area contributed by atoms with Crippen molar-refractivity contribution in [2.24, 2.45) is 5.92 Å². The minimum atomic E-state index is -0.197. The molecular weight excluding hydrogens is 214 g/mol. The summed E-state index contributed by atoms with van der Waals surface area (Å²) in [6, 6.07) is 0.179. The standard InChI is InChI=1S/C10H16ClN3O/c1-7(2)8(3-4-11)14-9-10(15)13-6-5-12-9/h5-8H,3-4H2,1-2H3,(H,12,14)(H,13,15). The summed E-state index contributed by atoms with van der Waals surface area (Å²) < 4.78 is 0. The molecule has 0 aliphatic rings. The molecule has 4 nitrogen and oxygen atoms in total. The van der Waals surface area contributed by atoms with E-state index >= 15 is 0 Å². The van der Waals surface area contributed by atoms with Gasteiger partial charge in [-0.15, -0.1) is 11.6 Å². The molecule has 0 amide bonds. The van der Waals surface area contributed by atoms with Crippen molar-refractivity contribution in [2.45, 2.75) is 26.3 Å². The van der Waals surface area contributed by atoms with E-state index in [0.717, 1.165) is 6.42 Å². The smallest absolute Gasteiger partial charge is 0.290 e. The number of nitrogens with one attached hydrogen (secondary N) is 2. The Labute approximate surface area is 94.1 Å². The van der Waals surface area contributed by atoms with Gasteiger partial charge in [-0.3, -0.25) is 4.79 Å². The molecule has 1 heterocycles. The van der Waals surface area contributed by atoms with E-state index in [1.807, 2.05) is 0 Å². The summed E-state index contributed by atoms with van der Waals surface area (Å²) in [5.74, 6) is 1.34. The van der Waals surface area contributed by atoms with Gasteiger partial charge in [-0.05, 0) is 12.3 Å². The molecule has 0 aliphatic carbocycles. The van der Waals surface area contributed by atoms with Crippen LogP contribution in [0.2, 0.25) is 0 Å². The average molecular weight is 230 g/mol. The molecule has 1 unspecified atom stereocenters. The second-order valence-electron chi connectivity index (χ2n) is 3.74. The third-order valence-corrected chi connectivity index (χ3v) is 2.47.